The maximum atomic E-state index is 13.6. The van der Waals surface area contributed by atoms with Crippen LogP contribution in [0.3, 0.4) is 0 Å². The zero-order chi connectivity index (χ0) is 40.8. The number of urea groups is 1. The fourth-order valence-corrected chi connectivity index (χ4v) is 9.31. The lowest BCUT2D eigenvalue weighted by Gasteiger charge is -2.49. The highest BCUT2D eigenvalue weighted by molar-refractivity contribution is 6.34. The summed E-state index contributed by atoms with van der Waals surface area (Å²) in [6.07, 6.45) is 4.19. The zero-order valence-electron chi connectivity index (χ0n) is 32.1. The van der Waals surface area contributed by atoms with Crippen LogP contribution >= 0.6 is 11.6 Å². The number of ether oxygens (including phenoxy) is 1. The summed E-state index contributed by atoms with van der Waals surface area (Å²) in [7, 11) is 1.48. The fraction of sp³-hybridized carbons (Fsp3) is 0.488. The summed E-state index contributed by atoms with van der Waals surface area (Å²) in [6.45, 7) is 3.63. The number of rotatable bonds is 8. The van der Waals surface area contributed by atoms with Crippen LogP contribution in [0.25, 0.3) is 10.9 Å². The first kappa shape index (κ1) is 39.9. The minimum atomic E-state index is -4.63. The number of aliphatic hydroxyl groups excluding tert-OH is 1. The third-order valence-corrected chi connectivity index (χ3v) is 12.9. The highest BCUT2D eigenvalue weighted by atomic mass is 35.5. The highest BCUT2D eigenvalue weighted by Crippen LogP contribution is 2.44. The molecule has 1 saturated carbocycles. The predicted molar refractivity (Wildman–Crippen MR) is 211 cm³/mol. The number of pyridine rings is 1. The molecule has 4 amide bonds. The number of amides is 4. The number of carbonyl (C=O) groups excluding carboxylic acids is 3. The van der Waals surface area contributed by atoms with Gasteiger partial charge in [0.25, 0.3) is 5.91 Å². The van der Waals surface area contributed by atoms with E-state index in [0.29, 0.717) is 52.4 Å². The highest BCUT2D eigenvalue weighted by Gasteiger charge is 2.41. The van der Waals surface area contributed by atoms with Gasteiger partial charge in [0.2, 0.25) is 5.91 Å². The van der Waals surface area contributed by atoms with E-state index in [9.17, 15) is 32.7 Å². The molecule has 58 heavy (non-hydrogen) atoms. The van der Waals surface area contributed by atoms with Crippen molar-refractivity contribution >= 4 is 51.7 Å². The molecule has 308 valence electrons. The van der Waals surface area contributed by atoms with Crippen LogP contribution in [0.4, 0.5) is 29.3 Å². The van der Waals surface area contributed by atoms with Crippen molar-refractivity contribution in [2.75, 3.05) is 50.1 Å². The number of carbonyl (C=O) groups is 3. The lowest BCUT2D eigenvalue weighted by Crippen LogP contribution is -2.51. The van der Waals surface area contributed by atoms with E-state index in [-0.39, 0.29) is 41.9 Å². The van der Waals surface area contributed by atoms with Crippen molar-refractivity contribution in [3.63, 3.8) is 0 Å². The molecule has 1 atom stereocenters. The maximum absolute atomic E-state index is 13.6. The van der Waals surface area contributed by atoms with Crippen LogP contribution in [-0.2, 0) is 11.0 Å². The molecule has 0 bridgehead atoms. The summed E-state index contributed by atoms with van der Waals surface area (Å²) < 4.78 is 47.2. The number of aromatic nitrogens is 3. The van der Waals surface area contributed by atoms with Gasteiger partial charge < -0.3 is 25.0 Å². The molecular formula is C41H46ClF3N8O5. The lowest BCUT2D eigenvalue weighted by molar-refractivity contribution is -0.141. The monoisotopic (exact) mass is 822 g/mol. The molecular weight excluding hydrogens is 777 g/mol. The van der Waals surface area contributed by atoms with E-state index in [0.717, 1.165) is 75.9 Å². The molecule has 2 aromatic carbocycles. The van der Waals surface area contributed by atoms with Gasteiger partial charge in [-0.3, -0.25) is 24.5 Å². The molecule has 4 aromatic rings. The second-order valence-electron chi connectivity index (χ2n) is 15.9. The molecule has 4 aliphatic rings. The summed E-state index contributed by atoms with van der Waals surface area (Å²) >= 11 is 6.42. The lowest BCUT2D eigenvalue weighted by atomic mass is 9.70. The van der Waals surface area contributed by atoms with Gasteiger partial charge in [-0.1, -0.05) is 17.7 Å². The smallest absolute Gasteiger partial charge is 0.433 e. The van der Waals surface area contributed by atoms with Gasteiger partial charge in [0.05, 0.1) is 40.8 Å². The minimum absolute atomic E-state index is 0.0813. The molecule has 0 radical (unpaired) electrons. The molecule has 17 heteroatoms. The second kappa shape index (κ2) is 16.0. The number of methoxy groups -OCH3 is 1. The standard InChI is InChI=1S/C41H46ClF3N8O5/c1-58-34-23-31-26(21-32(34)47-37(55)30-3-2-4-35(46-30)41(43,44)45)24-53(49-31)28-8-6-27(7-9-28)50-17-12-40(13-18-50)14-19-51(20-15-40)38(56)25-5-10-29(42)33(22-25)52-16-11-36(54)48-39(52)57/h2-5,10,21-24,27-28,37,47,55H,6-9,11-20H2,1H3,(H,48,54,57)/t27-,28+,37?. The molecule has 1 unspecified atom stereocenters. The molecule has 3 saturated heterocycles. The Kier molecular flexibility index (Phi) is 11.0. The molecule has 3 N–H and O–H groups in total. The van der Waals surface area contributed by atoms with E-state index >= 15 is 0 Å². The first-order chi connectivity index (χ1) is 27.8. The number of imide groups is 1. The molecule has 8 rings (SSSR count). The fourth-order valence-electron chi connectivity index (χ4n) is 9.09. The Morgan fingerprint density at radius 2 is 1.69 bits per heavy atom. The van der Waals surface area contributed by atoms with E-state index in [1.165, 1.54) is 24.1 Å². The molecule has 1 aliphatic carbocycles. The summed E-state index contributed by atoms with van der Waals surface area (Å²) in [4.78, 5) is 47.2. The van der Waals surface area contributed by atoms with Crippen LogP contribution in [-0.4, -0.2) is 93.4 Å². The average Bonchev–Trinajstić information content (AvgIpc) is 3.64. The summed E-state index contributed by atoms with van der Waals surface area (Å²) in [5.74, 6) is -0.0177. The number of anilines is 2. The SMILES string of the molecule is COc1cc2nn([C@H]3CC[C@@H](N4CCC5(CCN(C(=O)c6ccc(Cl)c(N7CCC(=O)NC7=O)c6)CC5)CC4)CC3)cc2cc1NC(O)c1cccc(C(F)(F)F)n1. The van der Waals surface area contributed by atoms with Gasteiger partial charge in [-0.15, -0.1) is 0 Å². The largest absolute Gasteiger partial charge is 0.495 e. The van der Waals surface area contributed by atoms with Gasteiger partial charge in [-0.05, 0) is 106 Å². The quantitative estimate of drug-likeness (QED) is 0.158. The summed E-state index contributed by atoms with van der Waals surface area (Å²) in [6, 6.07) is 12.1. The molecule has 3 aliphatic heterocycles. The van der Waals surface area contributed by atoms with Crippen LogP contribution < -0.4 is 20.3 Å². The number of fused-ring (bicyclic) bond motifs is 1. The van der Waals surface area contributed by atoms with Crippen molar-refractivity contribution in [1.29, 1.82) is 0 Å². The maximum Gasteiger partial charge on any atom is 0.433 e. The first-order valence-corrected chi connectivity index (χ1v) is 20.2. The molecule has 2 aromatic heterocycles. The Labute approximate surface area is 338 Å². The number of aliphatic hydroxyl groups is 1. The van der Waals surface area contributed by atoms with E-state index in [2.05, 4.69) is 20.5 Å². The molecule has 1 spiro atoms. The predicted octanol–water partition coefficient (Wildman–Crippen LogP) is 7.16. The van der Waals surface area contributed by atoms with Gasteiger partial charge in [-0.2, -0.15) is 18.3 Å². The number of benzene rings is 2. The van der Waals surface area contributed by atoms with Crippen LogP contribution in [0, 0.1) is 5.41 Å². The van der Waals surface area contributed by atoms with Gasteiger partial charge in [0.15, 0.2) is 6.23 Å². The van der Waals surface area contributed by atoms with Crippen LogP contribution in [0.2, 0.25) is 5.02 Å². The molecule has 5 heterocycles. The number of nitrogens with one attached hydrogen (secondary N) is 2. The van der Waals surface area contributed by atoms with Crippen molar-refractivity contribution in [2.45, 2.75) is 82.3 Å². The third kappa shape index (κ3) is 8.18. The zero-order valence-corrected chi connectivity index (χ0v) is 32.9. The van der Waals surface area contributed by atoms with Crippen molar-refractivity contribution in [1.82, 2.24) is 29.9 Å². The van der Waals surface area contributed by atoms with E-state index in [1.54, 1.807) is 30.3 Å². The minimum Gasteiger partial charge on any atom is -0.495 e. The van der Waals surface area contributed by atoms with E-state index in [4.69, 9.17) is 21.4 Å². The van der Waals surface area contributed by atoms with Gasteiger partial charge in [0, 0.05) is 55.3 Å². The van der Waals surface area contributed by atoms with E-state index in [1.807, 2.05) is 15.8 Å². The van der Waals surface area contributed by atoms with Gasteiger partial charge >= 0.3 is 12.2 Å². The number of hydrogen-bond acceptors (Lipinski definition) is 9. The van der Waals surface area contributed by atoms with Crippen LogP contribution in [0.15, 0.2) is 54.7 Å². The Hall–Kier alpha value is -4.93. The number of nitrogens with zero attached hydrogens (tertiary/aromatic N) is 6. The van der Waals surface area contributed by atoms with Crippen molar-refractivity contribution in [3.8, 4) is 5.75 Å². The molecule has 13 nitrogen and oxygen atoms in total. The van der Waals surface area contributed by atoms with Crippen molar-refractivity contribution in [3.05, 3.63) is 76.7 Å². The number of likely N-dealkylation sites (tertiary alicyclic amines) is 2. The number of hydrogen-bond donors (Lipinski definition) is 3. The van der Waals surface area contributed by atoms with Crippen molar-refractivity contribution < 1.29 is 37.4 Å². The van der Waals surface area contributed by atoms with Crippen LogP contribution in [0.5, 0.6) is 5.75 Å². The normalized spacial score (nSPS) is 22.2. The van der Waals surface area contributed by atoms with Crippen LogP contribution in [0.1, 0.15) is 91.8 Å². The summed E-state index contributed by atoms with van der Waals surface area (Å²) in [5, 5.41) is 21.9. The van der Waals surface area contributed by atoms with Gasteiger partial charge in [-0.25, -0.2) is 9.78 Å². The number of alkyl halides is 3. The Bertz CT molecular complexity index is 2190. The molecule has 4 fully saturated rings. The average molecular weight is 823 g/mol. The Morgan fingerprint density at radius 1 is 0.983 bits per heavy atom. The number of halogens is 4. The second-order valence-corrected chi connectivity index (χ2v) is 16.3. The Morgan fingerprint density at radius 3 is 2.38 bits per heavy atom. The summed E-state index contributed by atoms with van der Waals surface area (Å²) in [5.41, 5.74) is 0.992. The third-order valence-electron chi connectivity index (χ3n) is 12.5. The topological polar surface area (TPSA) is 145 Å². The Balaban J connectivity index is 0.830. The first-order valence-electron chi connectivity index (χ1n) is 19.8. The number of piperidine rings is 2. The van der Waals surface area contributed by atoms with E-state index < -0.39 is 24.1 Å². The van der Waals surface area contributed by atoms with Crippen molar-refractivity contribution in [2.24, 2.45) is 5.41 Å². The van der Waals surface area contributed by atoms with Gasteiger partial charge in [0.1, 0.15) is 11.4 Å².